The van der Waals surface area contributed by atoms with Gasteiger partial charge in [0.2, 0.25) is 0 Å². The molecule has 1 atom stereocenters. The molecule has 0 amide bonds. The van der Waals surface area contributed by atoms with Crippen LogP contribution in [0, 0.1) is 0 Å². The summed E-state index contributed by atoms with van der Waals surface area (Å²) in [6, 6.07) is 5.23. The van der Waals surface area contributed by atoms with E-state index in [1.165, 1.54) is 12.1 Å². The highest BCUT2D eigenvalue weighted by Crippen LogP contribution is 2.34. The van der Waals surface area contributed by atoms with Crippen molar-refractivity contribution in [2.75, 3.05) is 24.6 Å². The second-order valence-electron chi connectivity index (χ2n) is 6.62. The number of ether oxygens (including phenoxy) is 1. The summed E-state index contributed by atoms with van der Waals surface area (Å²) in [6.45, 7) is 1.28. The van der Waals surface area contributed by atoms with Crippen LogP contribution in [0.1, 0.15) is 36.1 Å². The van der Waals surface area contributed by atoms with Gasteiger partial charge in [-0.15, -0.1) is 0 Å². The third kappa shape index (κ3) is 3.33. The Morgan fingerprint density at radius 1 is 1.15 bits per heavy atom. The highest BCUT2D eigenvalue weighted by molar-refractivity contribution is 5.38. The Bertz CT molecular complexity index is 844. The van der Waals surface area contributed by atoms with E-state index in [2.05, 4.69) is 4.98 Å². The van der Waals surface area contributed by atoms with Crippen LogP contribution in [0.5, 0.6) is 0 Å². The van der Waals surface area contributed by atoms with Gasteiger partial charge in [-0.25, -0.2) is 4.98 Å². The lowest BCUT2D eigenvalue weighted by Gasteiger charge is -2.33. The molecule has 5 nitrogen and oxygen atoms in total. The molecule has 1 saturated heterocycles. The van der Waals surface area contributed by atoms with Crippen molar-refractivity contribution in [3.63, 3.8) is 0 Å². The number of benzene rings is 1. The molecule has 0 radical (unpaired) electrons. The van der Waals surface area contributed by atoms with Gasteiger partial charge in [0.15, 0.2) is 5.82 Å². The number of rotatable bonds is 3. The van der Waals surface area contributed by atoms with Crippen molar-refractivity contribution >= 4 is 5.82 Å². The fraction of sp³-hybridized carbons (Fsp3) is 0.444. The highest BCUT2D eigenvalue weighted by Gasteiger charge is 2.32. The van der Waals surface area contributed by atoms with Gasteiger partial charge in [-0.2, -0.15) is 13.2 Å². The number of nitrogens with zero attached hydrogens (tertiary/aromatic N) is 3. The van der Waals surface area contributed by atoms with Crippen LogP contribution in [0.4, 0.5) is 19.0 Å². The molecule has 8 heteroatoms. The van der Waals surface area contributed by atoms with Crippen molar-refractivity contribution in [2.24, 2.45) is 0 Å². The first-order valence-corrected chi connectivity index (χ1v) is 8.54. The second kappa shape index (κ2) is 6.42. The predicted octanol–water partition coefficient (Wildman–Crippen LogP) is 3.17. The van der Waals surface area contributed by atoms with Gasteiger partial charge < -0.3 is 14.2 Å². The minimum Gasteiger partial charge on any atom is -0.370 e. The largest absolute Gasteiger partial charge is 0.416 e. The van der Waals surface area contributed by atoms with E-state index in [9.17, 15) is 18.0 Å². The van der Waals surface area contributed by atoms with Crippen LogP contribution in [0.15, 0.2) is 41.5 Å². The first-order chi connectivity index (χ1) is 12.4. The van der Waals surface area contributed by atoms with Crippen LogP contribution < -0.4 is 10.5 Å². The smallest absolute Gasteiger partial charge is 0.370 e. The molecule has 2 heterocycles. The molecule has 2 aliphatic rings. The molecule has 26 heavy (non-hydrogen) atoms. The summed E-state index contributed by atoms with van der Waals surface area (Å²) in [5.74, 6) is 0.375. The Morgan fingerprint density at radius 3 is 2.54 bits per heavy atom. The molecule has 1 aliphatic heterocycles. The van der Waals surface area contributed by atoms with Gasteiger partial charge in [-0.05, 0) is 30.5 Å². The molecule has 0 N–H and O–H groups in total. The van der Waals surface area contributed by atoms with Gasteiger partial charge in [0, 0.05) is 25.0 Å². The first-order valence-electron chi connectivity index (χ1n) is 8.54. The van der Waals surface area contributed by atoms with Gasteiger partial charge in [-0.1, -0.05) is 12.1 Å². The Morgan fingerprint density at radius 2 is 1.88 bits per heavy atom. The topological polar surface area (TPSA) is 47.4 Å². The third-order valence-electron chi connectivity index (χ3n) is 4.77. The Kier molecular flexibility index (Phi) is 4.22. The van der Waals surface area contributed by atoms with E-state index in [1.807, 2.05) is 4.90 Å². The molecule has 138 valence electrons. The van der Waals surface area contributed by atoms with Crippen molar-refractivity contribution in [1.82, 2.24) is 9.55 Å². The summed E-state index contributed by atoms with van der Waals surface area (Å²) in [6.07, 6.45) is 0.567. The van der Waals surface area contributed by atoms with Crippen molar-refractivity contribution in [2.45, 2.75) is 31.2 Å². The summed E-state index contributed by atoms with van der Waals surface area (Å²) >= 11 is 0. The van der Waals surface area contributed by atoms with E-state index in [0.29, 0.717) is 31.1 Å². The molecular formula is C18H18F3N3O2. The average Bonchev–Trinajstić information content (AvgIpc) is 3.46. The van der Waals surface area contributed by atoms with Gasteiger partial charge >= 0.3 is 6.18 Å². The molecule has 0 spiro atoms. The maximum Gasteiger partial charge on any atom is 0.416 e. The Labute approximate surface area is 148 Å². The van der Waals surface area contributed by atoms with Gasteiger partial charge in [0.05, 0.1) is 18.7 Å². The van der Waals surface area contributed by atoms with E-state index in [1.54, 1.807) is 17.0 Å². The highest BCUT2D eigenvalue weighted by atomic mass is 19.4. The third-order valence-corrected chi connectivity index (χ3v) is 4.77. The predicted molar refractivity (Wildman–Crippen MR) is 89.1 cm³/mol. The lowest BCUT2D eigenvalue weighted by molar-refractivity contribution is -0.137. The normalized spacial score (nSPS) is 21.0. The van der Waals surface area contributed by atoms with Crippen molar-refractivity contribution < 1.29 is 17.9 Å². The van der Waals surface area contributed by atoms with E-state index < -0.39 is 17.8 Å². The van der Waals surface area contributed by atoms with E-state index in [0.717, 1.165) is 25.0 Å². The molecule has 1 aromatic heterocycles. The molecule has 1 saturated carbocycles. The number of aromatic nitrogens is 2. The van der Waals surface area contributed by atoms with Crippen LogP contribution in [0.25, 0.3) is 0 Å². The lowest BCUT2D eigenvalue weighted by atomic mass is 10.1. The van der Waals surface area contributed by atoms with E-state index in [4.69, 9.17) is 4.74 Å². The minimum atomic E-state index is -4.36. The zero-order chi connectivity index (χ0) is 18.3. The zero-order valence-electron chi connectivity index (χ0n) is 13.9. The average molecular weight is 365 g/mol. The van der Waals surface area contributed by atoms with Crippen LogP contribution in [0.2, 0.25) is 0 Å². The zero-order valence-corrected chi connectivity index (χ0v) is 13.9. The number of alkyl halides is 3. The fourth-order valence-electron chi connectivity index (χ4n) is 3.20. The molecular weight excluding hydrogens is 347 g/mol. The number of morpholine rings is 1. The standard InChI is InChI=1S/C18H18F3N3O2/c19-18(20,21)13-3-1-12(2-4-13)15-11-23(9-10-26-15)16-17(25)24(8-7-22-16)14-5-6-14/h1-4,7-8,14-15H,5-6,9-11H2. The van der Waals surface area contributed by atoms with Gasteiger partial charge in [-0.3, -0.25) is 4.79 Å². The number of anilines is 1. The monoisotopic (exact) mass is 365 g/mol. The van der Waals surface area contributed by atoms with Gasteiger partial charge in [0.25, 0.3) is 5.56 Å². The maximum atomic E-state index is 12.7. The SMILES string of the molecule is O=c1c(N2CCOC(c3ccc(C(F)(F)F)cc3)C2)nccn1C1CC1. The summed E-state index contributed by atoms with van der Waals surface area (Å²) in [4.78, 5) is 18.7. The molecule has 2 aromatic rings. The van der Waals surface area contributed by atoms with Crippen LogP contribution in [0.3, 0.4) is 0 Å². The quantitative estimate of drug-likeness (QED) is 0.838. The van der Waals surface area contributed by atoms with Crippen molar-refractivity contribution in [3.05, 3.63) is 58.1 Å². The van der Waals surface area contributed by atoms with E-state index in [-0.39, 0.29) is 11.6 Å². The Balaban J connectivity index is 1.55. The van der Waals surface area contributed by atoms with Crippen LogP contribution in [-0.4, -0.2) is 29.2 Å². The lowest BCUT2D eigenvalue weighted by Crippen LogP contribution is -2.42. The summed E-state index contributed by atoms with van der Waals surface area (Å²) in [7, 11) is 0. The fourth-order valence-corrected chi connectivity index (χ4v) is 3.20. The first kappa shape index (κ1) is 17.1. The van der Waals surface area contributed by atoms with Crippen LogP contribution >= 0.6 is 0 Å². The molecule has 4 rings (SSSR count). The summed E-state index contributed by atoms with van der Waals surface area (Å²) in [5, 5.41) is 0. The van der Waals surface area contributed by atoms with Gasteiger partial charge in [0.1, 0.15) is 6.10 Å². The number of hydrogen-bond donors (Lipinski definition) is 0. The number of hydrogen-bond acceptors (Lipinski definition) is 4. The molecule has 1 unspecified atom stereocenters. The molecule has 0 bridgehead atoms. The van der Waals surface area contributed by atoms with E-state index >= 15 is 0 Å². The molecule has 1 aromatic carbocycles. The number of halogens is 3. The molecule has 1 aliphatic carbocycles. The summed E-state index contributed by atoms with van der Waals surface area (Å²) < 4.78 is 45.6. The summed E-state index contributed by atoms with van der Waals surface area (Å²) in [5.41, 5.74) is -0.157. The molecule has 2 fully saturated rings. The minimum absolute atomic E-state index is 0.122. The van der Waals surface area contributed by atoms with Crippen molar-refractivity contribution in [3.8, 4) is 0 Å². The van der Waals surface area contributed by atoms with Crippen molar-refractivity contribution in [1.29, 1.82) is 0 Å². The van der Waals surface area contributed by atoms with Crippen LogP contribution in [-0.2, 0) is 10.9 Å². The second-order valence-corrected chi connectivity index (χ2v) is 6.62. The Hall–Kier alpha value is -2.35. The maximum absolute atomic E-state index is 12.7.